The summed E-state index contributed by atoms with van der Waals surface area (Å²) >= 11 is 0. The third-order valence-electron chi connectivity index (χ3n) is 3.29. The van der Waals surface area contributed by atoms with Gasteiger partial charge in [-0.3, -0.25) is 5.26 Å². The second-order valence-corrected chi connectivity index (χ2v) is 5.09. The van der Waals surface area contributed by atoms with Crippen LogP contribution in [-0.4, -0.2) is 29.2 Å². The van der Waals surface area contributed by atoms with Gasteiger partial charge in [0.2, 0.25) is 0 Å². The average molecular weight is 445 g/mol. The average Bonchev–Trinajstić information content (AvgIpc) is 2.64. The fourth-order valence-electron chi connectivity index (χ4n) is 2.34. The van der Waals surface area contributed by atoms with Gasteiger partial charge in [0, 0.05) is 39.8 Å². The predicted molar refractivity (Wildman–Crippen MR) is 103 cm³/mol. The van der Waals surface area contributed by atoms with Crippen LogP contribution in [0.2, 0.25) is 0 Å². The third-order valence-corrected chi connectivity index (χ3v) is 3.29. The van der Waals surface area contributed by atoms with Gasteiger partial charge in [-0.2, -0.15) is 0 Å². The van der Waals surface area contributed by atoms with Crippen LogP contribution >= 0.6 is 0 Å². The number of rotatable bonds is 3. The van der Waals surface area contributed by atoms with Gasteiger partial charge in [0.15, 0.2) is 0 Å². The third kappa shape index (κ3) is 9.38. The van der Waals surface area contributed by atoms with Crippen LogP contribution in [0, 0.1) is 5.82 Å². The summed E-state index contributed by atoms with van der Waals surface area (Å²) in [6, 6.07) is 6.64. The van der Waals surface area contributed by atoms with E-state index in [0.29, 0.717) is 13.0 Å². The minimum absolute atomic E-state index is 0. The molecule has 0 aliphatic carbocycles. The van der Waals surface area contributed by atoms with E-state index in [4.69, 9.17) is 10.4 Å². The Morgan fingerprint density at radius 2 is 1.58 bits per heavy atom. The van der Waals surface area contributed by atoms with Crippen molar-refractivity contribution in [3.8, 4) is 5.75 Å². The number of phenols is 1. The molecule has 0 heterocycles. The van der Waals surface area contributed by atoms with Crippen molar-refractivity contribution in [1.82, 2.24) is 0 Å². The standard InChI is InChI=1S/C15H17FO.C2H6O2.C2H6.CH4O.Y/c1-4-12-14(16)6-5-10-7-11(17)8-13(9(2)3)15(10)12;1-2-4-3;2*1-2;/h5-9,17H,4H2,1-3H3;3H,2H2,1H3;1-2H3;2H,1H3;. The molecule has 0 saturated heterocycles. The van der Waals surface area contributed by atoms with Crippen LogP contribution < -0.4 is 0 Å². The first kappa shape index (κ1) is 30.2. The Hall–Kier alpha value is -0.586. The van der Waals surface area contributed by atoms with Crippen molar-refractivity contribution in [2.75, 3.05) is 13.7 Å². The van der Waals surface area contributed by atoms with E-state index in [9.17, 15) is 9.50 Å². The minimum atomic E-state index is -0.160. The molecule has 3 N–H and O–H groups in total. The summed E-state index contributed by atoms with van der Waals surface area (Å²) < 4.78 is 13.8. The molecule has 26 heavy (non-hydrogen) atoms. The van der Waals surface area contributed by atoms with Gasteiger partial charge in [0.05, 0.1) is 6.61 Å². The van der Waals surface area contributed by atoms with Crippen LogP contribution in [0.1, 0.15) is 58.6 Å². The van der Waals surface area contributed by atoms with Crippen molar-refractivity contribution in [3.63, 3.8) is 0 Å². The first-order chi connectivity index (χ1) is 12.0. The van der Waals surface area contributed by atoms with Crippen molar-refractivity contribution in [2.24, 2.45) is 0 Å². The summed E-state index contributed by atoms with van der Waals surface area (Å²) in [7, 11) is 1.00. The molecule has 2 aromatic rings. The Labute approximate surface area is 182 Å². The Morgan fingerprint density at radius 3 is 1.96 bits per heavy atom. The van der Waals surface area contributed by atoms with E-state index in [1.165, 1.54) is 6.07 Å². The van der Waals surface area contributed by atoms with Gasteiger partial charge in [-0.05, 0) is 59.4 Å². The zero-order chi connectivity index (χ0) is 20.0. The molecule has 0 amide bonds. The Balaban J connectivity index is -0.000000511. The Morgan fingerprint density at radius 1 is 1.08 bits per heavy atom. The summed E-state index contributed by atoms with van der Waals surface area (Å²) in [5.74, 6) is 0.346. The first-order valence-electron chi connectivity index (χ1n) is 8.61. The Bertz CT molecular complexity index is 602. The quantitative estimate of drug-likeness (QED) is 0.431. The molecule has 0 fully saturated rings. The maximum atomic E-state index is 13.8. The smallest absolute Gasteiger partial charge is 0.127 e. The normalized spacial score (nSPS) is 9.04. The molecule has 2 aromatic carbocycles. The van der Waals surface area contributed by atoms with E-state index in [1.54, 1.807) is 25.1 Å². The largest absolute Gasteiger partial charge is 0.508 e. The molecular formula is C20H33FO4Y. The van der Waals surface area contributed by atoms with Gasteiger partial charge < -0.3 is 10.2 Å². The molecule has 0 aliphatic heterocycles. The summed E-state index contributed by atoms with van der Waals surface area (Å²) in [5.41, 5.74) is 1.75. The van der Waals surface area contributed by atoms with Crippen LogP contribution in [-0.2, 0) is 44.0 Å². The van der Waals surface area contributed by atoms with Gasteiger partial charge in [0.25, 0.3) is 0 Å². The SMILES string of the molecule is CC.CCOO.CCc1c(F)ccc2cc(O)cc(C(C)C)c12.CO.[Y]. The topological polar surface area (TPSA) is 69.9 Å². The molecule has 0 aliphatic rings. The number of aromatic hydroxyl groups is 1. The number of fused-ring (bicyclic) bond motifs is 1. The van der Waals surface area contributed by atoms with Gasteiger partial charge in [0.1, 0.15) is 11.6 Å². The van der Waals surface area contributed by atoms with Crippen molar-refractivity contribution in [3.05, 3.63) is 41.2 Å². The molecule has 0 atom stereocenters. The molecule has 6 heteroatoms. The number of benzene rings is 2. The van der Waals surface area contributed by atoms with E-state index < -0.39 is 0 Å². The summed E-state index contributed by atoms with van der Waals surface area (Å²) in [6.07, 6.45) is 0.660. The minimum Gasteiger partial charge on any atom is -0.508 e. The number of hydrogen-bond donors (Lipinski definition) is 3. The molecule has 0 aromatic heterocycles. The van der Waals surface area contributed by atoms with Gasteiger partial charge in [-0.1, -0.05) is 40.7 Å². The van der Waals surface area contributed by atoms with E-state index in [1.807, 2.05) is 20.8 Å². The van der Waals surface area contributed by atoms with Crippen molar-refractivity contribution >= 4 is 10.8 Å². The molecule has 0 spiro atoms. The van der Waals surface area contributed by atoms with Gasteiger partial charge >= 0.3 is 0 Å². The fraction of sp³-hybridized carbons (Fsp3) is 0.500. The van der Waals surface area contributed by atoms with Crippen LogP contribution in [0.5, 0.6) is 5.75 Å². The van der Waals surface area contributed by atoms with E-state index in [2.05, 4.69) is 18.7 Å². The molecule has 2 rings (SSSR count). The van der Waals surface area contributed by atoms with E-state index in [-0.39, 0.29) is 50.2 Å². The first-order valence-corrected chi connectivity index (χ1v) is 8.61. The van der Waals surface area contributed by atoms with E-state index in [0.717, 1.165) is 29.0 Å². The zero-order valence-corrected chi connectivity index (χ0v) is 19.8. The molecule has 0 unspecified atom stereocenters. The van der Waals surface area contributed by atoms with Crippen molar-refractivity contribution in [1.29, 1.82) is 0 Å². The van der Waals surface area contributed by atoms with Crippen LogP contribution in [0.15, 0.2) is 24.3 Å². The number of halogens is 1. The number of aliphatic hydroxyl groups is 1. The summed E-state index contributed by atoms with van der Waals surface area (Å²) in [5, 5.41) is 25.9. The molecule has 0 saturated carbocycles. The predicted octanol–water partition coefficient (Wildman–Crippen LogP) is 5.50. The maximum absolute atomic E-state index is 13.8. The number of phenolic OH excluding ortho intramolecular Hbond substituents is 1. The molecule has 1 radical (unpaired) electrons. The second-order valence-electron chi connectivity index (χ2n) is 5.09. The van der Waals surface area contributed by atoms with Crippen LogP contribution in [0.25, 0.3) is 10.8 Å². The Kier molecular flexibility index (Phi) is 20.7. The van der Waals surface area contributed by atoms with Crippen molar-refractivity contribution < 1.29 is 57.5 Å². The van der Waals surface area contributed by atoms with Crippen LogP contribution in [0.3, 0.4) is 0 Å². The zero-order valence-electron chi connectivity index (χ0n) is 17.0. The molecule has 0 bridgehead atoms. The fourth-order valence-corrected chi connectivity index (χ4v) is 2.34. The molecule has 4 nitrogen and oxygen atoms in total. The number of hydrogen-bond acceptors (Lipinski definition) is 4. The van der Waals surface area contributed by atoms with Gasteiger partial charge in [-0.25, -0.2) is 9.28 Å². The second kappa shape index (κ2) is 17.8. The van der Waals surface area contributed by atoms with Gasteiger partial charge in [-0.15, -0.1) is 0 Å². The number of aliphatic hydroxyl groups excluding tert-OH is 1. The summed E-state index contributed by atoms with van der Waals surface area (Å²) in [6.45, 7) is 12.1. The van der Waals surface area contributed by atoms with Crippen molar-refractivity contribution in [2.45, 2.75) is 53.9 Å². The molecular weight excluding hydrogens is 412 g/mol. The number of aryl methyl sites for hydroxylation is 1. The van der Waals surface area contributed by atoms with Crippen LogP contribution in [0.4, 0.5) is 4.39 Å². The van der Waals surface area contributed by atoms with E-state index >= 15 is 0 Å². The molecule has 147 valence electrons. The maximum Gasteiger partial charge on any atom is 0.127 e. The monoisotopic (exact) mass is 445 g/mol. The summed E-state index contributed by atoms with van der Waals surface area (Å²) in [4.78, 5) is 3.54.